The smallest absolute Gasteiger partial charge is 0.306 e. The number of para-hydroxylation sites is 1. The quantitative estimate of drug-likeness (QED) is 0.151. The number of rotatable bonds is 14. The lowest BCUT2D eigenvalue weighted by atomic mass is 10.1. The van der Waals surface area contributed by atoms with E-state index in [0.29, 0.717) is 32.5 Å². The summed E-state index contributed by atoms with van der Waals surface area (Å²) in [7, 11) is 0. The summed E-state index contributed by atoms with van der Waals surface area (Å²) in [5, 5.41) is 0. The van der Waals surface area contributed by atoms with Gasteiger partial charge >= 0.3 is 5.97 Å². The molecule has 0 amide bonds. The zero-order valence-electron chi connectivity index (χ0n) is 21.3. The van der Waals surface area contributed by atoms with Gasteiger partial charge in [-0.3, -0.25) is 4.79 Å². The van der Waals surface area contributed by atoms with E-state index in [1.807, 2.05) is 73.7 Å². The molecule has 0 N–H and O–H groups in total. The Morgan fingerprint density at radius 3 is 2.31 bits per heavy atom. The van der Waals surface area contributed by atoms with Crippen molar-refractivity contribution in [2.75, 3.05) is 6.61 Å². The van der Waals surface area contributed by atoms with Crippen LogP contribution >= 0.6 is 15.9 Å². The van der Waals surface area contributed by atoms with Gasteiger partial charge in [0.25, 0.3) is 0 Å². The van der Waals surface area contributed by atoms with E-state index < -0.39 is 6.29 Å². The third-order valence-electron chi connectivity index (χ3n) is 5.65. The van der Waals surface area contributed by atoms with Gasteiger partial charge in [-0.2, -0.15) is 0 Å². The Morgan fingerprint density at radius 1 is 0.861 bits per heavy atom. The summed E-state index contributed by atoms with van der Waals surface area (Å²) in [4.78, 5) is 11.9. The normalized spacial score (nSPS) is 11.6. The fraction of sp³-hybridized carbons (Fsp3) is 0.367. The van der Waals surface area contributed by atoms with Crippen molar-refractivity contribution in [3.05, 3.63) is 87.9 Å². The molecule has 0 saturated carbocycles. The molecule has 5 nitrogen and oxygen atoms in total. The van der Waals surface area contributed by atoms with Crippen LogP contribution in [0.3, 0.4) is 0 Å². The number of ether oxygens (including phenoxy) is 4. The molecule has 1 unspecified atom stereocenters. The molecular weight excluding hydrogens is 520 g/mol. The second-order valence-electron chi connectivity index (χ2n) is 8.38. The fourth-order valence-corrected chi connectivity index (χ4v) is 4.27. The van der Waals surface area contributed by atoms with Gasteiger partial charge in [0.15, 0.2) is 0 Å². The van der Waals surface area contributed by atoms with Gasteiger partial charge in [0.05, 0.1) is 11.1 Å². The maximum Gasteiger partial charge on any atom is 0.306 e. The van der Waals surface area contributed by atoms with Crippen molar-refractivity contribution in [3.63, 3.8) is 0 Å². The Balaban J connectivity index is 1.77. The monoisotopic (exact) mass is 554 g/mol. The highest BCUT2D eigenvalue weighted by Crippen LogP contribution is 2.35. The van der Waals surface area contributed by atoms with Crippen molar-refractivity contribution in [1.29, 1.82) is 0 Å². The lowest BCUT2D eigenvalue weighted by molar-refractivity contribution is -0.143. The zero-order valence-corrected chi connectivity index (χ0v) is 22.9. The SMILES string of the molecule is CCCC(Oc1cc(OCc2ccccc2)c(Br)cc1CC)Oc1ccccc1CCC(=O)OCC. The van der Waals surface area contributed by atoms with E-state index in [9.17, 15) is 4.79 Å². The van der Waals surface area contributed by atoms with Crippen LogP contribution in [0.25, 0.3) is 0 Å². The number of carbonyl (C=O) groups excluding carboxylic acids is 1. The summed E-state index contributed by atoms with van der Waals surface area (Å²) < 4.78 is 24.9. The highest BCUT2D eigenvalue weighted by atomic mass is 79.9. The maximum absolute atomic E-state index is 11.9. The molecule has 3 aromatic rings. The molecule has 0 bridgehead atoms. The molecule has 6 heteroatoms. The predicted molar refractivity (Wildman–Crippen MR) is 146 cm³/mol. The molecule has 3 rings (SSSR count). The van der Waals surface area contributed by atoms with Crippen molar-refractivity contribution in [1.82, 2.24) is 0 Å². The van der Waals surface area contributed by atoms with Crippen LogP contribution in [0.15, 0.2) is 71.2 Å². The summed E-state index contributed by atoms with van der Waals surface area (Å²) in [5.74, 6) is 1.97. The first-order valence-electron chi connectivity index (χ1n) is 12.6. The summed E-state index contributed by atoms with van der Waals surface area (Å²) in [6, 6.07) is 21.8. The van der Waals surface area contributed by atoms with Crippen molar-refractivity contribution >= 4 is 21.9 Å². The van der Waals surface area contributed by atoms with E-state index in [-0.39, 0.29) is 5.97 Å². The third-order valence-corrected chi connectivity index (χ3v) is 6.27. The number of aryl methyl sites for hydroxylation is 2. The van der Waals surface area contributed by atoms with Crippen LogP contribution in [0.2, 0.25) is 0 Å². The van der Waals surface area contributed by atoms with Crippen LogP contribution in [0, 0.1) is 0 Å². The Labute approximate surface area is 222 Å². The van der Waals surface area contributed by atoms with Crippen LogP contribution in [0.4, 0.5) is 0 Å². The first-order chi connectivity index (χ1) is 17.5. The molecule has 36 heavy (non-hydrogen) atoms. The van der Waals surface area contributed by atoms with E-state index in [2.05, 4.69) is 29.8 Å². The van der Waals surface area contributed by atoms with Crippen LogP contribution in [0.5, 0.6) is 17.2 Å². The Morgan fingerprint density at radius 2 is 1.58 bits per heavy atom. The molecule has 0 heterocycles. The van der Waals surface area contributed by atoms with Crippen LogP contribution in [0.1, 0.15) is 56.7 Å². The van der Waals surface area contributed by atoms with Crippen molar-refractivity contribution in [3.8, 4) is 17.2 Å². The van der Waals surface area contributed by atoms with Gasteiger partial charge in [-0.05, 0) is 70.9 Å². The van der Waals surface area contributed by atoms with Crippen molar-refractivity contribution < 1.29 is 23.7 Å². The maximum atomic E-state index is 11.9. The average Bonchev–Trinajstić information content (AvgIpc) is 2.89. The van der Waals surface area contributed by atoms with Crippen molar-refractivity contribution in [2.24, 2.45) is 0 Å². The number of halogens is 1. The molecule has 0 aliphatic rings. The molecular formula is C30H35BrO5. The minimum atomic E-state index is -0.479. The molecule has 0 fully saturated rings. The lowest BCUT2D eigenvalue weighted by Gasteiger charge is -2.24. The van der Waals surface area contributed by atoms with Crippen molar-refractivity contribution in [2.45, 2.75) is 65.8 Å². The second-order valence-corrected chi connectivity index (χ2v) is 9.24. The predicted octanol–water partition coefficient (Wildman–Crippen LogP) is 7.67. The van der Waals surface area contributed by atoms with Gasteiger partial charge in [-0.15, -0.1) is 0 Å². The average molecular weight is 556 g/mol. The molecule has 0 radical (unpaired) electrons. The van der Waals surface area contributed by atoms with E-state index >= 15 is 0 Å². The number of benzene rings is 3. The topological polar surface area (TPSA) is 54.0 Å². The minimum Gasteiger partial charge on any atom is -0.488 e. The molecule has 1 atom stereocenters. The minimum absolute atomic E-state index is 0.209. The van der Waals surface area contributed by atoms with Gasteiger partial charge in [-0.25, -0.2) is 0 Å². The highest BCUT2D eigenvalue weighted by Gasteiger charge is 2.18. The number of hydrogen-bond acceptors (Lipinski definition) is 5. The largest absolute Gasteiger partial charge is 0.488 e. The molecule has 0 aliphatic heterocycles. The van der Waals surface area contributed by atoms with Gasteiger partial charge in [0.1, 0.15) is 23.9 Å². The van der Waals surface area contributed by atoms with Gasteiger partial charge in [-0.1, -0.05) is 62.4 Å². The number of esters is 1. The van der Waals surface area contributed by atoms with Gasteiger partial charge in [0.2, 0.25) is 6.29 Å². The molecule has 192 valence electrons. The lowest BCUT2D eigenvalue weighted by Crippen LogP contribution is -2.25. The Kier molecular flexibility index (Phi) is 11.1. The van der Waals surface area contributed by atoms with Crippen LogP contribution < -0.4 is 14.2 Å². The second kappa shape index (κ2) is 14.5. The molecule has 3 aromatic carbocycles. The molecule has 0 aliphatic carbocycles. The number of hydrogen-bond donors (Lipinski definition) is 0. The van der Waals surface area contributed by atoms with E-state index in [4.69, 9.17) is 18.9 Å². The Bertz CT molecular complexity index is 1100. The highest BCUT2D eigenvalue weighted by molar-refractivity contribution is 9.10. The molecule has 0 spiro atoms. The van der Waals surface area contributed by atoms with Gasteiger partial charge < -0.3 is 18.9 Å². The summed E-state index contributed by atoms with van der Waals surface area (Å²) in [6.07, 6.45) is 2.79. The third kappa shape index (κ3) is 8.30. The number of carbonyl (C=O) groups is 1. The molecule has 0 saturated heterocycles. The first kappa shape index (κ1) is 27.6. The van der Waals surface area contributed by atoms with E-state index in [1.54, 1.807) is 0 Å². The summed E-state index contributed by atoms with van der Waals surface area (Å²) in [6.45, 7) is 6.86. The summed E-state index contributed by atoms with van der Waals surface area (Å²) in [5.41, 5.74) is 3.11. The van der Waals surface area contributed by atoms with E-state index in [1.165, 1.54) is 0 Å². The standard InChI is InChI=1S/C30H35BrO5/c1-4-12-30(35-26-16-11-10-15-24(26)17-18-29(32)33-6-3)36-27-20-28(25(31)19-23(27)5-2)34-21-22-13-8-7-9-14-22/h7-11,13-16,19-20,30H,4-6,12,17-18,21H2,1-3H3. The molecule has 0 aromatic heterocycles. The van der Waals surface area contributed by atoms with Gasteiger partial charge in [0, 0.05) is 18.9 Å². The summed E-state index contributed by atoms with van der Waals surface area (Å²) >= 11 is 3.65. The first-order valence-corrected chi connectivity index (χ1v) is 13.4. The zero-order chi connectivity index (χ0) is 25.8. The fourth-order valence-electron chi connectivity index (χ4n) is 3.76. The van der Waals surface area contributed by atoms with Crippen LogP contribution in [-0.4, -0.2) is 18.9 Å². The van der Waals surface area contributed by atoms with E-state index in [0.717, 1.165) is 51.3 Å². The van der Waals surface area contributed by atoms with Crippen LogP contribution in [-0.2, 0) is 29.0 Å². The Hall–Kier alpha value is -2.99.